The van der Waals surface area contributed by atoms with Gasteiger partial charge in [-0.25, -0.2) is 0 Å². The molecule has 0 saturated heterocycles. The largest absolute Gasteiger partial charge is 0.508 e. The minimum atomic E-state index is -4.41. The van der Waals surface area contributed by atoms with Gasteiger partial charge in [0.25, 0.3) is 0 Å². The second kappa shape index (κ2) is 13.9. The fraction of sp³-hybridized carbons (Fsp3) is 0.579. The lowest BCUT2D eigenvalue weighted by Crippen LogP contribution is -2.37. The van der Waals surface area contributed by atoms with Gasteiger partial charge in [0.05, 0.1) is 7.11 Å². The van der Waals surface area contributed by atoms with Crippen LogP contribution in [0.25, 0.3) is 0 Å². The molecule has 0 saturated carbocycles. The molecule has 1 aromatic rings. The van der Waals surface area contributed by atoms with E-state index in [1.54, 1.807) is 6.07 Å². The molecular formula is C19H30F3NO4. The van der Waals surface area contributed by atoms with Crippen LogP contribution < -0.4 is 0 Å². The molecule has 1 aromatic carbocycles. The van der Waals surface area contributed by atoms with Crippen LogP contribution in [-0.4, -0.2) is 41.7 Å². The lowest BCUT2D eigenvalue weighted by molar-refractivity contribution is -0.162. The van der Waals surface area contributed by atoms with Crippen molar-refractivity contribution < 1.29 is 32.6 Å². The minimum Gasteiger partial charge on any atom is -0.508 e. The molecule has 8 heteroatoms. The minimum absolute atomic E-state index is 0.00458. The Morgan fingerprint density at radius 2 is 1.67 bits per heavy atom. The molecule has 156 valence electrons. The van der Waals surface area contributed by atoms with Gasteiger partial charge in [-0.3, -0.25) is 9.59 Å². The highest BCUT2D eigenvalue weighted by Gasteiger charge is 2.34. The molecule has 0 unspecified atom stereocenters. The van der Waals surface area contributed by atoms with Crippen LogP contribution in [0.15, 0.2) is 18.2 Å². The van der Waals surface area contributed by atoms with Crippen molar-refractivity contribution in [2.24, 2.45) is 0 Å². The first-order chi connectivity index (χ1) is 12.6. The van der Waals surface area contributed by atoms with E-state index < -0.39 is 18.6 Å². The number of hydrogen-bond acceptors (Lipinski definition) is 4. The number of carbonyl (C=O) groups is 2. The predicted octanol–water partition coefficient (Wildman–Crippen LogP) is 4.46. The van der Waals surface area contributed by atoms with Crippen LogP contribution in [0, 0.1) is 0 Å². The van der Waals surface area contributed by atoms with Gasteiger partial charge in [0, 0.05) is 19.9 Å². The van der Waals surface area contributed by atoms with Crippen LogP contribution in [0.2, 0.25) is 0 Å². The van der Waals surface area contributed by atoms with Crippen molar-refractivity contribution in [1.82, 2.24) is 4.90 Å². The van der Waals surface area contributed by atoms with Crippen LogP contribution in [0.3, 0.4) is 0 Å². The van der Waals surface area contributed by atoms with E-state index in [1.165, 1.54) is 26.2 Å². The summed E-state index contributed by atoms with van der Waals surface area (Å²) in [7, 11) is 1.35. The second-order valence-electron chi connectivity index (χ2n) is 5.01. The molecule has 0 aliphatic carbocycles. The molecule has 1 amide bonds. The third-order valence-corrected chi connectivity index (χ3v) is 3.17. The third-order valence-electron chi connectivity index (χ3n) is 3.17. The zero-order valence-electron chi connectivity index (χ0n) is 16.8. The Labute approximate surface area is 159 Å². The van der Waals surface area contributed by atoms with Crippen molar-refractivity contribution in [3.05, 3.63) is 29.3 Å². The van der Waals surface area contributed by atoms with Gasteiger partial charge in [0.2, 0.25) is 5.91 Å². The number of amides is 1. The van der Waals surface area contributed by atoms with Gasteiger partial charge in [-0.1, -0.05) is 33.8 Å². The second-order valence-corrected chi connectivity index (χ2v) is 5.01. The van der Waals surface area contributed by atoms with Gasteiger partial charge >= 0.3 is 12.1 Å². The van der Waals surface area contributed by atoms with E-state index in [0.717, 1.165) is 10.5 Å². The van der Waals surface area contributed by atoms with Crippen molar-refractivity contribution in [3.8, 4) is 5.75 Å². The molecule has 0 spiro atoms. The molecule has 2 rings (SSSR count). The monoisotopic (exact) mass is 393 g/mol. The number of aromatic hydroxyl groups is 1. The highest BCUT2D eigenvalue weighted by atomic mass is 19.4. The smallest absolute Gasteiger partial charge is 0.406 e. The zero-order valence-corrected chi connectivity index (χ0v) is 16.8. The molecule has 0 fully saturated rings. The molecule has 5 nitrogen and oxygen atoms in total. The van der Waals surface area contributed by atoms with Crippen LogP contribution in [-0.2, 0) is 27.3 Å². The van der Waals surface area contributed by atoms with Crippen molar-refractivity contribution in [3.63, 3.8) is 0 Å². The fourth-order valence-electron chi connectivity index (χ4n) is 2.06. The van der Waals surface area contributed by atoms with E-state index in [2.05, 4.69) is 4.74 Å². The van der Waals surface area contributed by atoms with Crippen molar-refractivity contribution in [2.75, 3.05) is 13.7 Å². The lowest BCUT2D eigenvalue weighted by Gasteiger charge is -2.22. The summed E-state index contributed by atoms with van der Waals surface area (Å²) in [6.07, 6.45) is -3.94. The normalized spacial score (nSPS) is 12.6. The van der Waals surface area contributed by atoms with Crippen molar-refractivity contribution in [1.29, 1.82) is 0 Å². The molecule has 0 atom stereocenters. The number of rotatable bonds is 1. The van der Waals surface area contributed by atoms with Crippen LogP contribution in [0.1, 0.15) is 52.2 Å². The average molecular weight is 393 g/mol. The number of esters is 1. The maximum Gasteiger partial charge on any atom is 0.406 e. The Morgan fingerprint density at radius 3 is 2.11 bits per heavy atom. The molecule has 1 N–H and O–H groups in total. The number of ether oxygens (including phenoxy) is 1. The van der Waals surface area contributed by atoms with Gasteiger partial charge in [0.1, 0.15) is 12.3 Å². The molecule has 1 heterocycles. The number of carbonyl (C=O) groups excluding carboxylic acids is 2. The Morgan fingerprint density at radius 1 is 1.15 bits per heavy atom. The standard InChI is InChI=1S/C12H12F3NO2.C3H6O2.2C2H6/c13-12(14,15)7-16-6-9-5-10(17)3-1-8(9)2-4-11(16)18;1-3(4)5-2;2*1-2/h1,3,5,17H,2,4,6-7H2;1-2H3;2*1-2H3. The molecule has 1 aliphatic rings. The lowest BCUT2D eigenvalue weighted by atomic mass is 10.0. The number of alkyl halides is 3. The summed E-state index contributed by atoms with van der Waals surface area (Å²) in [5.74, 6) is -0.761. The van der Waals surface area contributed by atoms with E-state index in [0.29, 0.717) is 12.0 Å². The topological polar surface area (TPSA) is 66.8 Å². The molecular weight excluding hydrogens is 363 g/mol. The highest BCUT2D eigenvalue weighted by Crippen LogP contribution is 2.26. The van der Waals surface area contributed by atoms with Gasteiger partial charge in [-0.2, -0.15) is 13.2 Å². The first kappa shape index (κ1) is 27.0. The van der Waals surface area contributed by atoms with E-state index in [1.807, 2.05) is 27.7 Å². The summed E-state index contributed by atoms with van der Waals surface area (Å²) in [5, 5.41) is 9.34. The van der Waals surface area contributed by atoms with Crippen LogP contribution >= 0.6 is 0 Å². The maximum atomic E-state index is 12.4. The van der Waals surface area contributed by atoms with Gasteiger partial charge < -0.3 is 14.7 Å². The molecule has 27 heavy (non-hydrogen) atoms. The van der Waals surface area contributed by atoms with Crippen molar-refractivity contribution >= 4 is 11.9 Å². The van der Waals surface area contributed by atoms with Crippen LogP contribution in [0.5, 0.6) is 5.75 Å². The number of methoxy groups -OCH3 is 1. The van der Waals surface area contributed by atoms with E-state index >= 15 is 0 Å². The number of aryl methyl sites for hydroxylation is 1. The summed E-state index contributed by atoms with van der Waals surface area (Å²) in [6, 6.07) is 4.54. The number of phenols is 1. The number of hydrogen-bond donors (Lipinski definition) is 1. The van der Waals surface area contributed by atoms with E-state index in [9.17, 15) is 27.9 Å². The molecule has 0 radical (unpaired) electrons. The Hall–Kier alpha value is -2.25. The van der Waals surface area contributed by atoms with Gasteiger partial charge in [0.15, 0.2) is 0 Å². The van der Waals surface area contributed by atoms with Crippen molar-refractivity contribution in [2.45, 2.75) is 60.2 Å². The molecule has 1 aliphatic heterocycles. The van der Waals surface area contributed by atoms with Gasteiger partial charge in [-0.05, 0) is 29.7 Å². The number of phenolic OH excluding ortho intramolecular Hbond substituents is 1. The molecule has 0 aromatic heterocycles. The summed E-state index contributed by atoms with van der Waals surface area (Å²) < 4.78 is 41.2. The van der Waals surface area contributed by atoms with E-state index in [4.69, 9.17) is 0 Å². The predicted molar refractivity (Wildman–Crippen MR) is 98.3 cm³/mol. The summed E-state index contributed by atoms with van der Waals surface area (Å²) >= 11 is 0. The first-order valence-corrected chi connectivity index (χ1v) is 8.82. The SMILES string of the molecule is CC.CC.COC(C)=O.O=C1CCc2ccc(O)cc2CN1CC(F)(F)F. The first-order valence-electron chi connectivity index (χ1n) is 8.82. The number of halogens is 3. The summed E-state index contributed by atoms with van der Waals surface area (Å²) in [5.41, 5.74) is 1.39. The average Bonchev–Trinajstić information content (AvgIpc) is 2.76. The maximum absolute atomic E-state index is 12.4. The summed E-state index contributed by atoms with van der Waals surface area (Å²) in [4.78, 5) is 22.0. The Kier molecular flexibility index (Phi) is 13.9. The fourth-order valence-corrected chi connectivity index (χ4v) is 2.06. The van der Waals surface area contributed by atoms with E-state index in [-0.39, 0.29) is 24.7 Å². The third kappa shape index (κ3) is 11.9. The van der Waals surface area contributed by atoms with Crippen LogP contribution in [0.4, 0.5) is 13.2 Å². The number of nitrogens with zero attached hydrogens (tertiary/aromatic N) is 1. The number of benzene rings is 1. The highest BCUT2D eigenvalue weighted by molar-refractivity contribution is 5.77. The Balaban J connectivity index is 0. The Bertz CT molecular complexity index is 575. The number of fused-ring (bicyclic) bond motifs is 1. The molecule has 0 bridgehead atoms. The quantitative estimate of drug-likeness (QED) is 0.716. The summed E-state index contributed by atoms with van der Waals surface area (Å²) in [6.45, 7) is 8.00. The van der Waals surface area contributed by atoms with Gasteiger partial charge in [-0.15, -0.1) is 0 Å². The zero-order chi connectivity index (χ0) is 21.6.